The first-order valence-electron chi connectivity index (χ1n) is 11.7. The Hall–Kier alpha value is -2.63. The average molecular weight is 496 g/mol. The van der Waals surface area contributed by atoms with Gasteiger partial charge in [0.1, 0.15) is 0 Å². The molecule has 2 aliphatic rings. The molecule has 1 fully saturated rings. The van der Waals surface area contributed by atoms with E-state index in [0.29, 0.717) is 38.2 Å². The fourth-order valence-electron chi connectivity index (χ4n) is 5.33. The van der Waals surface area contributed by atoms with Crippen molar-refractivity contribution in [3.63, 3.8) is 0 Å². The van der Waals surface area contributed by atoms with Gasteiger partial charge in [-0.05, 0) is 62.1 Å². The quantitative estimate of drug-likeness (QED) is 0.396. The van der Waals surface area contributed by atoms with E-state index in [-0.39, 0.29) is 12.3 Å². The maximum Gasteiger partial charge on any atom is 0.360 e. The van der Waals surface area contributed by atoms with Crippen LogP contribution in [0.2, 0.25) is 10.0 Å². The van der Waals surface area contributed by atoms with Gasteiger partial charge in [0.2, 0.25) is 0 Å². The highest BCUT2D eigenvalue weighted by molar-refractivity contribution is 6.43. The van der Waals surface area contributed by atoms with Crippen LogP contribution in [-0.4, -0.2) is 35.6 Å². The summed E-state index contributed by atoms with van der Waals surface area (Å²) in [5.74, 6) is 0.112. The predicted octanol–water partition coefficient (Wildman–Crippen LogP) is 6.32. The lowest BCUT2D eigenvalue weighted by Crippen LogP contribution is -2.42. The van der Waals surface area contributed by atoms with Crippen molar-refractivity contribution in [2.24, 2.45) is 5.41 Å². The molecule has 1 aliphatic carbocycles. The van der Waals surface area contributed by atoms with Gasteiger partial charge >= 0.3 is 5.97 Å². The van der Waals surface area contributed by atoms with Gasteiger partial charge in [-0.2, -0.15) is 0 Å². The fraction of sp³-hybridized carbons (Fsp3) is 0.370. The van der Waals surface area contributed by atoms with E-state index in [1.165, 1.54) is 11.1 Å². The highest BCUT2D eigenvalue weighted by atomic mass is 35.5. The van der Waals surface area contributed by atoms with Gasteiger partial charge in [0, 0.05) is 18.7 Å². The predicted molar refractivity (Wildman–Crippen MR) is 136 cm³/mol. The van der Waals surface area contributed by atoms with Crippen molar-refractivity contribution in [1.82, 2.24) is 9.97 Å². The van der Waals surface area contributed by atoms with Gasteiger partial charge in [0.25, 0.3) is 0 Å². The van der Waals surface area contributed by atoms with Gasteiger partial charge in [0.05, 0.1) is 28.0 Å². The minimum atomic E-state index is -0.474. The van der Waals surface area contributed by atoms with Crippen LogP contribution in [0.4, 0.5) is 5.82 Å². The molecule has 1 aliphatic heterocycles. The van der Waals surface area contributed by atoms with E-state index in [2.05, 4.69) is 29.2 Å². The molecular formula is C27H27Cl2N3O2. The summed E-state index contributed by atoms with van der Waals surface area (Å²) in [5.41, 5.74) is 5.35. The van der Waals surface area contributed by atoms with Crippen molar-refractivity contribution >= 4 is 35.0 Å². The number of hydrogen-bond acceptors (Lipinski definition) is 5. The Labute approximate surface area is 210 Å². The smallest absolute Gasteiger partial charge is 0.360 e. The standard InChI is InChI=1S/C27H27Cl2N3O2/c1-3-34-26(33)24-25(30-17(2)23(31-24)20-9-6-10-21(28)22(20)29)32-13-11-27(12-14-32)15-18-7-4-5-8-19(18)16-27/h4-10H,3,11-16H2,1-2H3. The Morgan fingerprint density at radius 1 is 1.03 bits per heavy atom. The summed E-state index contributed by atoms with van der Waals surface area (Å²) < 4.78 is 5.35. The van der Waals surface area contributed by atoms with E-state index in [1.54, 1.807) is 13.0 Å². The third-order valence-electron chi connectivity index (χ3n) is 7.10. The van der Waals surface area contributed by atoms with Gasteiger partial charge in [-0.1, -0.05) is 59.6 Å². The van der Waals surface area contributed by atoms with Crippen LogP contribution in [0.5, 0.6) is 0 Å². The normalized spacial score (nSPS) is 16.5. The summed E-state index contributed by atoms with van der Waals surface area (Å²) in [5, 5.41) is 0.825. The maximum atomic E-state index is 12.9. The van der Waals surface area contributed by atoms with E-state index in [1.807, 2.05) is 19.1 Å². The zero-order valence-electron chi connectivity index (χ0n) is 19.4. The molecule has 0 radical (unpaired) electrons. The average Bonchev–Trinajstić information content (AvgIpc) is 3.19. The molecule has 0 unspecified atom stereocenters. The fourth-order valence-corrected chi connectivity index (χ4v) is 5.72. The number of aromatic nitrogens is 2. The molecule has 0 atom stereocenters. The van der Waals surface area contributed by atoms with Gasteiger partial charge in [-0.3, -0.25) is 0 Å². The van der Waals surface area contributed by atoms with Crippen LogP contribution in [0.15, 0.2) is 42.5 Å². The number of carbonyl (C=O) groups is 1. The lowest BCUT2D eigenvalue weighted by atomic mass is 9.76. The Morgan fingerprint density at radius 2 is 1.71 bits per heavy atom. The molecule has 0 bridgehead atoms. The number of rotatable bonds is 4. The van der Waals surface area contributed by atoms with Crippen molar-refractivity contribution in [2.45, 2.75) is 39.5 Å². The highest BCUT2D eigenvalue weighted by Gasteiger charge is 2.40. The molecule has 5 rings (SSSR count). The van der Waals surface area contributed by atoms with Crippen molar-refractivity contribution in [2.75, 3.05) is 24.6 Å². The molecule has 0 saturated carbocycles. The molecule has 176 valence electrons. The van der Waals surface area contributed by atoms with E-state index in [4.69, 9.17) is 37.9 Å². The molecule has 0 amide bonds. The van der Waals surface area contributed by atoms with Crippen LogP contribution in [-0.2, 0) is 17.6 Å². The van der Waals surface area contributed by atoms with Crippen molar-refractivity contribution in [1.29, 1.82) is 0 Å². The molecule has 0 N–H and O–H groups in total. The molecule has 34 heavy (non-hydrogen) atoms. The van der Waals surface area contributed by atoms with Gasteiger partial charge in [0.15, 0.2) is 11.5 Å². The van der Waals surface area contributed by atoms with Crippen molar-refractivity contribution in [3.05, 3.63) is 75.0 Å². The number of aryl methyl sites for hydroxylation is 1. The topological polar surface area (TPSA) is 55.3 Å². The Kier molecular flexibility index (Phi) is 6.26. The third-order valence-corrected chi connectivity index (χ3v) is 7.92. The van der Waals surface area contributed by atoms with Gasteiger partial charge in [-0.25, -0.2) is 14.8 Å². The number of ether oxygens (including phenoxy) is 1. The molecule has 2 heterocycles. The number of carbonyl (C=O) groups excluding carboxylic acids is 1. The molecule has 7 heteroatoms. The minimum absolute atomic E-state index is 0.226. The molecule has 2 aromatic carbocycles. The number of hydrogen-bond donors (Lipinski definition) is 0. The molecule has 1 saturated heterocycles. The number of esters is 1. The Balaban J connectivity index is 1.46. The SMILES string of the molecule is CCOC(=O)c1nc(-c2cccc(Cl)c2Cl)c(C)nc1N1CCC2(CC1)Cc1ccccc1C2. The molecular weight excluding hydrogens is 469 g/mol. The summed E-state index contributed by atoms with van der Waals surface area (Å²) in [4.78, 5) is 24.7. The van der Waals surface area contributed by atoms with E-state index in [9.17, 15) is 4.79 Å². The molecule has 1 aromatic heterocycles. The number of fused-ring (bicyclic) bond motifs is 1. The second kappa shape index (κ2) is 9.20. The monoisotopic (exact) mass is 495 g/mol. The Morgan fingerprint density at radius 3 is 2.35 bits per heavy atom. The number of anilines is 1. The van der Waals surface area contributed by atoms with Crippen LogP contribution in [0.25, 0.3) is 11.3 Å². The second-order valence-electron chi connectivity index (χ2n) is 9.26. The number of halogens is 2. The molecule has 1 spiro atoms. The molecule has 5 nitrogen and oxygen atoms in total. The third kappa shape index (κ3) is 4.16. The highest BCUT2D eigenvalue weighted by Crippen LogP contribution is 2.45. The van der Waals surface area contributed by atoms with E-state index >= 15 is 0 Å². The summed E-state index contributed by atoms with van der Waals surface area (Å²) >= 11 is 12.7. The van der Waals surface area contributed by atoms with Crippen LogP contribution in [0.3, 0.4) is 0 Å². The van der Waals surface area contributed by atoms with Crippen molar-refractivity contribution < 1.29 is 9.53 Å². The summed E-state index contributed by atoms with van der Waals surface area (Å²) in [6.07, 6.45) is 4.34. The first kappa shape index (κ1) is 23.1. The maximum absolute atomic E-state index is 12.9. The van der Waals surface area contributed by atoms with Crippen LogP contribution < -0.4 is 4.90 Å². The van der Waals surface area contributed by atoms with E-state index < -0.39 is 5.97 Å². The zero-order valence-corrected chi connectivity index (χ0v) is 20.9. The number of piperidine rings is 1. The lowest BCUT2D eigenvalue weighted by molar-refractivity contribution is 0.0519. The largest absolute Gasteiger partial charge is 0.461 e. The summed E-state index contributed by atoms with van der Waals surface area (Å²) in [6, 6.07) is 14.1. The second-order valence-corrected chi connectivity index (χ2v) is 10.0. The van der Waals surface area contributed by atoms with Crippen LogP contribution in [0, 0.1) is 12.3 Å². The van der Waals surface area contributed by atoms with Gasteiger partial charge < -0.3 is 9.64 Å². The van der Waals surface area contributed by atoms with Crippen LogP contribution >= 0.6 is 23.2 Å². The number of benzene rings is 2. The van der Waals surface area contributed by atoms with E-state index in [0.717, 1.165) is 38.8 Å². The zero-order chi connectivity index (χ0) is 23.9. The first-order valence-corrected chi connectivity index (χ1v) is 12.5. The van der Waals surface area contributed by atoms with Crippen LogP contribution in [0.1, 0.15) is 47.1 Å². The number of nitrogens with zero attached hydrogens (tertiary/aromatic N) is 3. The minimum Gasteiger partial charge on any atom is -0.461 e. The lowest BCUT2D eigenvalue weighted by Gasteiger charge is -2.40. The first-order chi connectivity index (χ1) is 16.4. The molecule has 3 aromatic rings. The van der Waals surface area contributed by atoms with Crippen molar-refractivity contribution in [3.8, 4) is 11.3 Å². The summed E-state index contributed by atoms with van der Waals surface area (Å²) in [6.45, 7) is 5.59. The summed E-state index contributed by atoms with van der Waals surface area (Å²) in [7, 11) is 0. The van der Waals surface area contributed by atoms with Gasteiger partial charge in [-0.15, -0.1) is 0 Å². The Bertz CT molecular complexity index is 1230.